The predicted octanol–water partition coefficient (Wildman–Crippen LogP) is 3.37. The first kappa shape index (κ1) is 26.1. The highest BCUT2D eigenvalue weighted by Crippen LogP contribution is 2.32. The van der Waals surface area contributed by atoms with E-state index in [1.54, 1.807) is 38.5 Å². The van der Waals surface area contributed by atoms with E-state index in [2.05, 4.69) is 20.5 Å². The fourth-order valence-corrected chi connectivity index (χ4v) is 4.00. The maximum absolute atomic E-state index is 14.4. The van der Waals surface area contributed by atoms with Gasteiger partial charge in [-0.15, -0.1) is 0 Å². The summed E-state index contributed by atoms with van der Waals surface area (Å²) in [5.41, 5.74) is -1.02. The Morgan fingerprint density at radius 2 is 1.84 bits per heavy atom. The second kappa shape index (κ2) is 10.5. The first-order valence-electron chi connectivity index (χ1n) is 11.4. The molecule has 0 saturated carbocycles. The third kappa shape index (κ3) is 6.05. The van der Waals surface area contributed by atoms with Crippen molar-refractivity contribution in [2.45, 2.75) is 12.7 Å². The van der Waals surface area contributed by atoms with E-state index < -0.39 is 29.0 Å². The van der Waals surface area contributed by atoms with Crippen molar-refractivity contribution in [3.8, 4) is 0 Å². The predicted molar refractivity (Wildman–Crippen MR) is 127 cm³/mol. The summed E-state index contributed by atoms with van der Waals surface area (Å²) in [7, 11) is 3.29. The molecule has 37 heavy (non-hydrogen) atoms. The second-order valence-electron chi connectivity index (χ2n) is 8.76. The van der Waals surface area contributed by atoms with Gasteiger partial charge in [0.15, 0.2) is 0 Å². The van der Waals surface area contributed by atoms with Crippen molar-refractivity contribution in [3.63, 3.8) is 0 Å². The van der Waals surface area contributed by atoms with E-state index in [-0.39, 0.29) is 19.0 Å². The molecule has 9 nitrogen and oxygen atoms in total. The summed E-state index contributed by atoms with van der Waals surface area (Å²) in [4.78, 5) is 34.7. The second-order valence-corrected chi connectivity index (χ2v) is 8.76. The Bertz CT molecular complexity index is 1270. The van der Waals surface area contributed by atoms with Crippen LogP contribution in [0.25, 0.3) is 0 Å². The zero-order valence-corrected chi connectivity index (χ0v) is 20.1. The number of pyridine rings is 1. The average Bonchev–Trinajstić information content (AvgIpc) is 3.36. The van der Waals surface area contributed by atoms with Crippen LogP contribution in [0.3, 0.4) is 0 Å². The van der Waals surface area contributed by atoms with E-state index in [0.29, 0.717) is 48.6 Å². The Balaban J connectivity index is 1.45. The van der Waals surface area contributed by atoms with Crippen LogP contribution in [0.15, 0.2) is 42.6 Å². The van der Waals surface area contributed by atoms with Gasteiger partial charge in [-0.2, -0.15) is 18.3 Å². The Morgan fingerprint density at radius 3 is 2.46 bits per heavy atom. The number of carbonyl (C=O) groups excluding carboxylic acids is 2. The molecule has 0 unspecified atom stereocenters. The topological polar surface area (TPSA) is 97.5 Å². The van der Waals surface area contributed by atoms with Crippen molar-refractivity contribution in [2.24, 2.45) is 0 Å². The summed E-state index contributed by atoms with van der Waals surface area (Å²) in [6.45, 7) is 1.55. The van der Waals surface area contributed by atoms with Gasteiger partial charge in [0.2, 0.25) is 0 Å². The average molecular weight is 520 g/mol. The Kier molecular flexibility index (Phi) is 7.43. The molecule has 1 aliphatic rings. The van der Waals surface area contributed by atoms with E-state index in [1.807, 2.05) is 4.90 Å². The SMILES string of the molecule is CN(C)C(=O)c1cc(CN2CCN(C(=O)c3cccc(C(F)(F)F)c3F)CC2)nc(Nc2ccn[nH]2)c1. The van der Waals surface area contributed by atoms with Crippen LogP contribution in [-0.2, 0) is 12.7 Å². The van der Waals surface area contributed by atoms with Crippen LogP contribution in [0.2, 0.25) is 0 Å². The van der Waals surface area contributed by atoms with Crippen LogP contribution in [-0.4, -0.2) is 82.0 Å². The summed E-state index contributed by atoms with van der Waals surface area (Å²) in [6.07, 6.45) is -3.32. The van der Waals surface area contributed by atoms with Crippen LogP contribution in [0.1, 0.15) is 32.0 Å². The Hall–Kier alpha value is -4.00. The number of H-pyrrole nitrogens is 1. The van der Waals surface area contributed by atoms with E-state index in [9.17, 15) is 27.2 Å². The third-order valence-electron chi connectivity index (χ3n) is 5.87. The minimum absolute atomic E-state index is 0.199. The highest BCUT2D eigenvalue weighted by Gasteiger charge is 2.36. The molecule has 1 aliphatic heterocycles. The van der Waals surface area contributed by atoms with Gasteiger partial charge >= 0.3 is 6.18 Å². The number of halogens is 4. The zero-order valence-electron chi connectivity index (χ0n) is 20.1. The molecule has 3 aromatic rings. The Labute approximate surface area is 210 Å². The normalized spacial score (nSPS) is 14.5. The molecule has 2 aromatic heterocycles. The molecule has 13 heteroatoms. The lowest BCUT2D eigenvalue weighted by Crippen LogP contribution is -2.48. The molecule has 2 amide bonds. The number of hydrogen-bond acceptors (Lipinski definition) is 6. The van der Waals surface area contributed by atoms with Crippen LogP contribution < -0.4 is 5.32 Å². The number of aromatic amines is 1. The maximum Gasteiger partial charge on any atom is 0.419 e. The van der Waals surface area contributed by atoms with Gasteiger partial charge in [-0.1, -0.05) is 6.07 Å². The minimum atomic E-state index is -4.89. The summed E-state index contributed by atoms with van der Waals surface area (Å²) in [5.74, 6) is -1.50. The molecule has 1 aromatic carbocycles. The third-order valence-corrected chi connectivity index (χ3v) is 5.87. The number of piperazine rings is 1. The van der Waals surface area contributed by atoms with Crippen LogP contribution in [0, 0.1) is 5.82 Å². The van der Waals surface area contributed by atoms with Gasteiger partial charge in [0, 0.05) is 58.4 Å². The first-order valence-corrected chi connectivity index (χ1v) is 11.4. The lowest BCUT2D eigenvalue weighted by molar-refractivity contribution is -0.140. The largest absolute Gasteiger partial charge is 0.419 e. The molecule has 196 valence electrons. The summed E-state index contributed by atoms with van der Waals surface area (Å²) in [5, 5.41) is 9.71. The van der Waals surface area contributed by atoms with Crippen LogP contribution in [0.4, 0.5) is 29.2 Å². The Morgan fingerprint density at radius 1 is 1.11 bits per heavy atom. The molecule has 0 bridgehead atoms. The maximum atomic E-state index is 14.4. The van der Waals surface area contributed by atoms with E-state index in [0.717, 1.165) is 12.1 Å². The number of alkyl halides is 3. The molecule has 4 rings (SSSR count). The summed E-state index contributed by atoms with van der Waals surface area (Å²) in [6, 6.07) is 7.73. The smallest absolute Gasteiger partial charge is 0.345 e. The molecular formula is C24H25F4N7O2. The standard InChI is InChI=1S/C24H25F4N7O2/c1-33(2)22(36)15-12-16(30-20(13-15)31-19-6-7-29-32-19)14-34-8-10-35(11-9-34)23(37)17-4-3-5-18(21(17)25)24(26,27)28/h3-7,12-13H,8-11,14H2,1-2H3,(H2,29,30,31,32). The fourth-order valence-electron chi connectivity index (χ4n) is 4.00. The summed E-state index contributed by atoms with van der Waals surface area (Å²) >= 11 is 0. The number of amides is 2. The zero-order chi connectivity index (χ0) is 26.7. The monoisotopic (exact) mass is 519 g/mol. The van der Waals surface area contributed by atoms with Gasteiger partial charge in [-0.25, -0.2) is 9.37 Å². The van der Waals surface area contributed by atoms with Gasteiger partial charge in [0.05, 0.1) is 23.0 Å². The number of carbonyl (C=O) groups is 2. The van der Waals surface area contributed by atoms with Crippen molar-refractivity contribution < 1.29 is 27.2 Å². The fraction of sp³-hybridized carbons (Fsp3) is 0.333. The highest BCUT2D eigenvalue weighted by molar-refractivity contribution is 5.95. The highest BCUT2D eigenvalue weighted by atomic mass is 19.4. The first-order chi connectivity index (χ1) is 17.5. The van der Waals surface area contributed by atoms with E-state index in [1.165, 1.54) is 9.80 Å². The molecular weight excluding hydrogens is 494 g/mol. The van der Waals surface area contributed by atoms with Gasteiger partial charge in [-0.05, 0) is 24.3 Å². The van der Waals surface area contributed by atoms with Gasteiger partial charge in [-0.3, -0.25) is 19.6 Å². The molecule has 0 spiro atoms. The minimum Gasteiger partial charge on any atom is -0.345 e. The van der Waals surface area contributed by atoms with Crippen molar-refractivity contribution in [3.05, 3.63) is 70.8 Å². The van der Waals surface area contributed by atoms with Crippen molar-refractivity contribution in [1.82, 2.24) is 29.9 Å². The molecule has 1 fully saturated rings. The lowest BCUT2D eigenvalue weighted by atomic mass is 10.1. The molecule has 3 heterocycles. The lowest BCUT2D eigenvalue weighted by Gasteiger charge is -2.34. The molecule has 0 atom stereocenters. The summed E-state index contributed by atoms with van der Waals surface area (Å²) < 4.78 is 53.6. The number of hydrogen-bond donors (Lipinski definition) is 2. The van der Waals surface area contributed by atoms with Gasteiger partial charge in [0.1, 0.15) is 17.5 Å². The number of nitrogens with one attached hydrogen (secondary N) is 2. The quantitative estimate of drug-likeness (QED) is 0.485. The number of nitrogens with zero attached hydrogens (tertiary/aromatic N) is 5. The number of benzene rings is 1. The van der Waals surface area contributed by atoms with Crippen molar-refractivity contribution in [2.75, 3.05) is 45.6 Å². The number of anilines is 2. The van der Waals surface area contributed by atoms with Crippen LogP contribution >= 0.6 is 0 Å². The van der Waals surface area contributed by atoms with Crippen LogP contribution in [0.5, 0.6) is 0 Å². The molecule has 2 N–H and O–H groups in total. The van der Waals surface area contributed by atoms with Gasteiger partial charge in [0.25, 0.3) is 11.8 Å². The molecule has 0 aliphatic carbocycles. The van der Waals surface area contributed by atoms with E-state index >= 15 is 0 Å². The van der Waals surface area contributed by atoms with E-state index in [4.69, 9.17) is 0 Å². The van der Waals surface area contributed by atoms with Gasteiger partial charge < -0.3 is 15.1 Å². The van der Waals surface area contributed by atoms with Crippen molar-refractivity contribution >= 4 is 23.5 Å². The molecule has 0 radical (unpaired) electrons. The molecule has 1 saturated heterocycles. The van der Waals surface area contributed by atoms with Crippen molar-refractivity contribution in [1.29, 1.82) is 0 Å². The number of rotatable bonds is 6. The number of aromatic nitrogens is 3.